The Hall–Kier alpha value is -1.24. The molecule has 24 heavy (non-hydrogen) atoms. The van der Waals surface area contributed by atoms with Crippen LogP contribution in [-0.4, -0.2) is 23.2 Å². The first-order chi connectivity index (χ1) is 11.6. The topological polar surface area (TPSA) is 46.2 Å². The predicted molar refractivity (Wildman–Crippen MR) is 105 cm³/mol. The summed E-state index contributed by atoms with van der Waals surface area (Å²) in [4.78, 5) is 26.0. The fourth-order valence-corrected chi connectivity index (χ4v) is 6.15. The second-order valence-electron chi connectivity index (χ2n) is 5.58. The third-order valence-electron chi connectivity index (χ3n) is 3.66. The Morgan fingerprint density at radius 3 is 2.62 bits per heavy atom. The highest BCUT2D eigenvalue weighted by Gasteiger charge is 2.18. The van der Waals surface area contributed by atoms with Crippen molar-refractivity contribution in [1.29, 1.82) is 0 Å². The van der Waals surface area contributed by atoms with Gasteiger partial charge in [0.05, 0.1) is 9.46 Å². The van der Waals surface area contributed by atoms with Crippen LogP contribution in [0.25, 0.3) is 0 Å². The summed E-state index contributed by atoms with van der Waals surface area (Å²) in [6.45, 7) is 1.97. The number of hydrogen-bond acceptors (Lipinski definition) is 5. The van der Waals surface area contributed by atoms with Crippen molar-refractivity contribution in [2.24, 2.45) is 0 Å². The van der Waals surface area contributed by atoms with E-state index >= 15 is 0 Å². The third kappa shape index (κ3) is 4.65. The number of thioether (sulfide) groups is 2. The molecule has 1 aromatic carbocycles. The number of carbonyl (C=O) groups is 2. The van der Waals surface area contributed by atoms with E-state index in [9.17, 15) is 9.59 Å². The minimum atomic E-state index is -0.111. The summed E-state index contributed by atoms with van der Waals surface area (Å²) in [5.74, 6) is 2.28. The monoisotopic (exact) mass is 377 g/mol. The molecule has 0 saturated carbocycles. The van der Waals surface area contributed by atoms with Gasteiger partial charge >= 0.3 is 0 Å². The Bertz CT molecular complexity index is 735. The van der Waals surface area contributed by atoms with Crippen LogP contribution in [-0.2, 0) is 4.79 Å². The Balaban J connectivity index is 1.53. The van der Waals surface area contributed by atoms with Gasteiger partial charge in [0.2, 0.25) is 5.91 Å². The van der Waals surface area contributed by atoms with Crippen LogP contribution in [0, 0.1) is 6.92 Å². The standard InChI is InChI=1S/C18H19NO2S3/c1-12-5-7-16(24-12)15(20)6-8-17(21)19-14-4-2-3-13(11-14)18-22-9-10-23-18/h2-5,7,11,18H,6,8-10H2,1H3,(H,19,21). The van der Waals surface area contributed by atoms with E-state index in [4.69, 9.17) is 0 Å². The Labute approximate surface area is 154 Å². The SMILES string of the molecule is Cc1ccc(C(=O)CCC(=O)Nc2cccc(C3SCCS3)c2)s1. The molecule has 1 amide bonds. The highest BCUT2D eigenvalue weighted by Crippen LogP contribution is 2.45. The number of ketones is 1. The van der Waals surface area contributed by atoms with Gasteiger partial charge in [-0.25, -0.2) is 0 Å². The quantitative estimate of drug-likeness (QED) is 0.708. The molecule has 1 aliphatic rings. The number of thiophene rings is 1. The number of nitrogens with one attached hydrogen (secondary N) is 1. The van der Waals surface area contributed by atoms with Gasteiger partial charge in [0.1, 0.15) is 0 Å². The first-order valence-corrected chi connectivity index (χ1v) is 10.8. The molecule has 2 heterocycles. The molecule has 2 aromatic rings. The molecule has 0 bridgehead atoms. The summed E-state index contributed by atoms with van der Waals surface area (Å²) in [7, 11) is 0. The van der Waals surface area contributed by atoms with Crippen molar-refractivity contribution in [3.05, 3.63) is 51.7 Å². The van der Waals surface area contributed by atoms with E-state index < -0.39 is 0 Å². The van der Waals surface area contributed by atoms with Crippen LogP contribution >= 0.6 is 34.9 Å². The van der Waals surface area contributed by atoms with Gasteiger partial charge in [0.15, 0.2) is 5.78 Å². The molecular formula is C18H19NO2S3. The van der Waals surface area contributed by atoms with Crippen LogP contribution in [0.15, 0.2) is 36.4 Å². The number of amides is 1. The fourth-order valence-electron chi connectivity index (χ4n) is 2.47. The van der Waals surface area contributed by atoms with Crippen molar-refractivity contribution in [3.63, 3.8) is 0 Å². The lowest BCUT2D eigenvalue weighted by atomic mass is 10.1. The maximum absolute atomic E-state index is 12.1. The zero-order chi connectivity index (χ0) is 16.9. The molecule has 1 aromatic heterocycles. The van der Waals surface area contributed by atoms with Crippen LogP contribution in [0.1, 0.15) is 37.5 Å². The highest BCUT2D eigenvalue weighted by molar-refractivity contribution is 8.19. The molecule has 6 heteroatoms. The van der Waals surface area contributed by atoms with Crippen LogP contribution < -0.4 is 5.32 Å². The van der Waals surface area contributed by atoms with Gasteiger partial charge in [-0.3, -0.25) is 9.59 Å². The van der Waals surface area contributed by atoms with Gasteiger partial charge in [-0.15, -0.1) is 34.9 Å². The molecule has 0 spiro atoms. The lowest BCUT2D eigenvalue weighted by Gasteiger charge is -2.11. The number of aryl methyl sites for hydroxylation is 1. The van der Waals surface area contributed by atoms with Gasteiger partial charge < -0.3 is 5.32 Å². The first kappa shape index (κ1) is 17.6. The summed E-state index contributed by atoms with van der Waals surface area (Å²) >= 11 is 5.37. The highest BCUT2D eigenvalue weighted by atomic mass is 32.2. The summed E-state index contributed by atoms with van der Waals surface area (Å²) in [5, 5.41) is 2.91. The van der Waals surface area contributed by atoms with Gasteiger partial charge in [0, 0.05) is 34.9 Å². The maximum Gasteiger partial charge on any atom is 0.224 e. The maximum atomic E-state index is 12.1. The second kappa shape index (κ2) is 8.23. The molecule has 3 rings (SSSR count). The minimum absolute atomic E-state index is 0.0377. The van der Waals surface area contributed by atoms with E-state index in [1.165, 1.54) is 28.4 Å². The van der Waals surface area contributed by atoms with E-state index in [1.54, 1.807) is 0 Å². The number of rotatable bonds is 6. The number of Topliss-reactive ketones (excluding diaryl/α,β-unsaturated/α-hetero) is 1. The Kier molecular flexibility index (Phi) is 6.03. The van der Waals surface area contributed by atoms with Crippen LogP contribution in [0.5, 0.6) is 0 Å². The molecule has 126 valence electrons. The third-order valence-corrected chi connectivity index (χ3v) is 7.80. The number of anilines is 1. The van der Waals surface area contributed by atoms with Crippen molar-refractivity contribution in [2.75, 3.05) is 16.8 Å². The average molecular weight is 378 g/mol. The number of carbonyl (C=O) groups excluding carboxylic acids is 2. The lowest BCUT2D eigenvalue weighted by Crippen LogP contribution is -2.13. The van der Waals surface area contributed by atoms with Gasteiger partial charge in [-0.05, 0) is 36.8 Å². The van der Waals surface area contributed by atoms with Crippen LogP contribution in [0.2, 0.25) is 0 Å². The van der Waals surface area contributed by atoms with Gasteiger partial charge in [0.25, 0.3) is 0 Å². The number of hydrogen-bond donors (Lipinski definition) is 1. The van der Waals surface area contributed by atoms with Crippen LogP contribution in [0.3, 0.4) is 0 Å². The molecule has 0 aliphatic carbocycles. The Morgan fingerprint density at radius 2 is 1.92 bits per heavy atom. The normalized spacial score (nSPS) is 14.7. The lowest BCUT2D eigenvalue weighted by molar-refractivity contribution is -0.116. The molecule has 1 aliphatic heterocycles. The largest absolute Gasteiger partial charge is 0.326 e. The predicted octanol–water partition coefficient (Wildman–Crippen LogP) is 5.14. The smallest absolute Gasteiger partial charge is 0.224 e. The molecule has 1 fully saturated rings. The second-order valence-corrected chi connectivity index (χ2v) is 9.59. The Morgan fingerprint density at radius 1 is 1.12 bits per heavy atom. The molecule has 1 N–H and O–H groups in total. The average Bonchev–Trinajstić information content (AvgIpc) is 3.24. The zero-order valence-corrected chi connectivity index (χ0v) is 15.9. The van der Waals surface area contributed by atoms with Crippen molar-refractivity contribution < 1.29 is 9.59 Å². The molecule has 0 radical (unpaired) electrons. The zero-order valence-electron chi connectivity index (χ0n) is 13.4. The summed E-state index contributed by atoms with van der Waals surface area (Å²) in [5.41, 5.74) is 2.05. The molecule has 3 nitrogen and oxygen atoms in total. The van der Waals surface area contributed by atoms with E-state index in [1.807, 2.05) is 60.8 Å². The summed E-state index contributed by atoms with van der Waals surface area (Å²) < 4.78 is 0.463. The molecule has 0 unspecified atom stereocenters. The van der Waals surface area contributed by atoms with E-state index in [0.717, 1.165) is 15.4 Å². The van der Waals surface area contributed by atoms with Crippen molar-refractivity contribution in [3.8, 4) is 0 Å². The van der Waals surface area contributed by atoms with E-state index in [0.29, 0.717) is 4.58 Å². The van der Waals surface area contributed by atoms with Crippen LogP contribution in [0.4, 0.5) is 5.69 Å². The first-order valence-electron chi connectivity index (χ1n) is 7.84. The molecule has 0 atom stereocenters. The van der Waals surface area contributed by atoms with Crippen molar-refractivity contribution >= 4 is 52.2 Å². The fraction of sp³-hybridized carbons (Fsp3) is 0.333. The minimum Gasteiger partial charge on any atom is -0.326 e. The summed E-state index contributed by atoms with van der Waals surface area (Å²) in [6, 6.07) is 11.8. The van der Waals surface area contributed by atoms with E-state index in [2.05, 4.69) is 11.4 Å². The summed E-state index contributed by atoms with van der Waals surface area (Å²) in [6.07, 6.45) is 0.465. The molecular weight excluding hydrogens is 358 g/mol. The molecule has 1 saturated heterocycles. The van der Waals surface area contributed by atoms with Gasteiger partial charge in [-0.1, -0.05) is 12.1 Å². The van der Waals surface area contributed by atoms with Crippen molar-refractivity contribution in [2.45, 2.75) is 24.3 Å². The number of benzene rings is 1. The van der Waals surface area contributed by atoms with Gasteiger partial charge in [-0.2, -0.15) is 0 Å². The van der Waals surface area contributed by atoms with Crippen molar-refractivity contribution in [1.82, 2.24) is 0 Å². The van der Waals surface area contributed by atoms with E-state index in [-0.39, 0.29) is 24.5 Å².